The van der Waals surface area contributed by atoms with Crippen LogP contribution >= 0.6 is 0 Å². The molecule has 0 fully saturated rings. The molecule has 0 bridgehead atoms. The van der Waals surface area contributed by atoms with Crippen LogP contribution in [0.4, 0.5) is 8.78 Å². The average molecular weight is 184 g/mol. The van der Waals surface area contributed by atoms with Gasteiger partial charge in [-0.05, 0) is 30.9 Å². The van der Waals surface area contributed by atoms with Gasteiger partial charge in [0.05, 0.1) is 6.10 Å². The molecule has 0 aromatic heterocycles. The van der Waals surface area contributed by atoms with Crippen LogP contribution in [0.2, 0.25) is 0 Å². The molecular weight excluding hydrogens is 174 g/mol. The maximum atomic E-state index is 13.2. The Morgan fingerprint density at radius 2 is 2.08 bits per heavy atom. The van der Waals surface area contributed by atoms with E-state index in [-0.39, 0.29) is 5.56 Å². The van der Waals surface area contributed by atoms with E-state index in [0.29, 0.717) is 18.4 Å². The van der Waals surface area contributed by atoms with Crippen molar-refractivity contribution in [3.8, 4) is 0 Å². The van der Waals surface area contributed by atoms with E-state index >= 15 is 0 Å². The third-order valence-corrected chi connectivity index (χ3v) is 2.44. The van der Waals surface area contributed by atoms with Crippen LogP contribution in [-0.2, 0) is 6.42 Å². The molecule has 1 N–H and O–H groups in total. The van der Waals surface area contributed by atoms with Crippen molar-refractivity contribution in [3.05, 3.63) is 34.9 Å². The summed E-state index contributed by atoms with van der Waals surface area (Å²) >= 11 is 0. The van der Waals surface area contributed by atoms with Gasteiger partial charge in [0.15, 0.2) is 0 Å². The second-order valence-electron chi connectivity index (χ2n) is 3.37. The maximum absolute atomic E-state index is 13.2. The Kier molecular flexibility index (Phi) is 2.04. The fourth-order valence-corrected chi connectivity index (χ4v) is 1.85. The highest BCUT2D eigenvalue weighted by Crippen LogP contribution is 2.31. The topological polar surface area (TPSA) is 20.2 Å². The molecular formula is C10H10F2O. The molecule has 1 aliphatic rings. The van der Waals surface area contributed by atoms with E-state index in [2.05, 4.69) is 0 Å². The molecule has 1 atom stereocenters. The number of fused-ring (bicyclic) bond motifs is 1. The van der Waals surface area contributed by atoms with Gasteiger partial charge in [-0.2, -0.15) is 0 Å². The summed E-state index contributed by atoms with van der Waals surface area (Å²) in [5, 5.41) is 9.47. The summed E-state index contributed by atoms with van der Waals surface area (Å²) < 4.78 is 25.9. The molecule has 1 aromatic carbocycles. The molecule has 0 amide bonds. The summed E-state index contributed by atoms with van der Waals surface area (Å²) in [5.41, 5.74) is 0.893. The normalized spacial score (nSPS) is 21.3. The Morgan fingerprint density at radius 1 is 1.31 bits per heavy atom. The largest absolute Gasteiger partial charge is 0.388 e. The van der Waals surface area contributed by atoms with Crippen LogP contribution in [0.1, 0.15) is 30.1 Å². The van der Waals surface area contributed by atoms with Gasteiger partial charge in [0.2, 0.25) is 0 Å². The number of benzene rings is 1. The first-order chi connectivity index (χ1) is 6.18. The van der Waals surface area contributed by atoms with Gasteiger partial charge in [-0.25, -0.2) is 8.78 Å². The molecule has 0 spiro atoms. The molecule has 0 saturated carbocycles. The molecule has 1 aromatic rings. The van der Waals surface area contributed by atoms with Gasteiger partial charge >= 0.3 is 0 Å². The van der Waals surface area contributed by atoms with Crippen LogP contribution in [-0.4, -0.2) is 5.11 Å². The summed E-state index contributed by atoms with van der Waals surface area (Å²) in [6.07, 6.45) is 1.25. The first-order valence-corrected chi connectivity index (χ1v) is 4.34. The highest BCUT2D eigenvalue weighted by atomic mass is 19.1. The minimum Gasteiger partial charge on any atom is -0.388 e. The Morgan fingerprint density at radius 3 is 2.85 bits per heavy atom. The predicted molar refractivity (Wildman–Crippen MR) is 44.3 cm³/mol. The first-order valence-electron chi connectivity index (χ1n) is 4.34. The van der Waals surface area contributed by atoms with Crippen molar-refractivity contribution in [1.29, 1.82) is 0 Å². The van der Waals surface area contributed by atoms with E-state index in [1.54, 1.807) is 0 Å². The number of aryl methyl sites for hydroxylation is 1. The van der Waals surface area contributed by atoms with Crippen molar-refractivity contribution in [3.63, 3.8) is 0 Å². The van der Waals surface area contributed by atoms with Gasteiger partial charge in [0.25, 0.3) is 0 Å². The van der Waals surface area contributed by atoms with Crippen LogP contribution in [0.15, 0.2) is 12.1 Å². The number of hydrogen-bond donors (Lipinski definition) is 1. The number of halogens is 2. The molecule has 70 valence electrons. The van der Waals surface area contributed by atoms with E-state index in [1.165, 1.54) is 6.07 Å². The Labute approximate surface area is 75.0 Å². The van der Waals surface area contributed by atoms with Gasteiger partial charge in [0.1, 0.15) is 11.6 Å². The highest BCUT2D eigenvalue weighted by molar-refractivity contribution is 5.33. The molecule has 1 nitrogen and oxygen atoms in total. The van der Waals surface area contributed by atoms with Crippen LogP contribution in [0, 0.1) is 11.6 Å². The number of hydrogen-bond acceptors (Lipinski definition) is 1. The average Bonchev–Trinajstić information content (AvgIpc) is 2.02. The fourth-order valence-electron chi connectivity index (χ4n) is 1.85. The smallest absolute Gasteiger partial charge is 0.132 e. The monoisotopic (exact) mass is 184 g/mol. The summed E-state index contributed by atoms with van der Waals surface area (Å²) in [6.45, 7) is 0. The van der Waals surface area contributed by atoms with Crippen molar-refractivity contribution >= 4 is 0 Å². The lowest BCUT2D eigenvalue weighted by atomic mass is 9.89. The van der Waals surface area contributed by atoms with E-state index in [9.17, 15) is 13.9 Å². The van der Waals surface area contributed by atoms with Gasteiger partial charge in [-0.15, -0.1) is 0 Å². The van der Waals surface area contributed by atoms with Gasteiger partial charge in [-0.1, -0.05) is 0 Å². The summed E-state index contributed by atoms with van der Waals surface area (Å²) in [7, 11) is 0. The SMILES string of the molecule is O[C@@H]1CCCc2cc(F)cc(F)c21. The highest BCUT2D eigenvalue weighted by Gasteiger charge is 2.22. The molecule has 13 heavy (non-hydrogen) atoms. The third-order valence-electron chi connectivity index (χ3n) is 2.44. The quantitative estimate of drug-likeness (QED) is 0.656. The second kappa shape index (κ2) is 3.07. The van der Waals surface area contributed by atoms with E-state index in [4.69, 9.17) is 0 Å². The fraction of sp³-hybridized carbons (Fsp3) is 0.400. The number of aliphatic hydroxyl groups excluding tert-OH is 1. The van der Waals surface area contributed by atoms with Gasteiger partial charge in [-0.3, -0.25) is 0 Å². The van der Waals surface area contributed by atoms with Crippen LogP contribution in [0.5, 0.6) is 0 Å². The minimum absolute atomic E-state index is 0.285. The maximum Gasteiger partial charge on any atom is 0.132 e. The minimum atomic E-state index is -0.760. The summed E-state index contributed by atoms with van der Waals surface area (Å²) in [4.78, 5) is 0. The lowest BCUT2D eigenvalue weighted by molar-refractivity contribution is 0.151. The van der Waals surface area contributed by atoms with Crippen molar-refractivity contribution in [2.75, 3.05) is 0 Å². The van der Waals surface area contributed by atoms with Crippen LogP contribution in [0.3, 0.4) is 0 Å². The lowest BCUT2D eigenvalue weighted by Gasteiger charge is -2.21. The Balaban J connectivity index is 2.56. The zero-order chi connectivity index (χ0) is 9.42. The van der Waals surface area contributed by atoms with Crippen LogP contribution in [0.25, 0.3) is 0 Å². The molecule has 0 saturated heterocycles. The molecule has 0 unspecified atom stereocenters. The molecule has 0 radical (unpaired) electrons. The zero-order valence-corrected chi connectivity index (χ0v) is 7.06. The molecule has 3 heteroatoms. The first kappa shape index (κ1) is 8.63. The number of aliphatic hydroxyl groups is 1. The molecule has 0 heterocycles. The van der Waals surface area contributed by atoms with E-state index in [0.717, 1.165) is 12.5 Å². The summed E-state index contributed by atoms with van der Waals surface area (Å²) in [5.74, 6) is -1.19. The predicted octanol–water partition coefficient (Wildman–Crippen LogP) is 2.33. The van der Waals surface area contributed by atoms with Crippen LogP contribution < -0.4 is 0 Å². The summed E-state index contributed by atoms with van der Waals surface area (Å²) in [6, 6.07) is 2.13. The Bertz CT molecular complexity index is 336. The number of rotatable bonds is 0. The third kappa shape index (κ3) is 1.44. The standard InChI is InChI=1S/C10H10F2O/c11-7-4-6-2-1-3-9(13)10(6)8(12)5-7/h4-5,9,13H,1-3H2/t9-/m1/s1. The van der Waals surface area contributed by atoms with E-state index < -0.39 is 17.7 Å². The Hall–Kier alpha value is -0.960. The lowest BCUT2D eigenvalue weighted by Crippen LogP contribution is -2.11. The van der Waals surface area contributed by atoms with Gasteiger partial charge in [0, 0.05) is 11.6 Å². The van der Waals surface area contributed by atoms with Crippen molar-refractivity contribution in [2.24, 2.45) is 0 Å². The van der Waals surface area contributed by atoms with Crippen molar-refractivity contribution < 1.29 is 13.9 Å². The van der Waals surface area contributed by atoms with Crippen molar-refractivity contribution in [1.82, 2.24) is 0 Å². The van der Waals surface area contributed by atoms with Gasteiger partial charge < -0.3 is 5.11 Å². The zero-order valence-electron chi connectivity index (χ0n) is 7.06. The molecule has 1 aliphatic carbocycles. The van der Waals surface area contributed by atoms with Crippen molar-refractivity contribution in [2.45, 2.75) is 25.4 Å². The second-order valence-corrected chi connectivity index (χ2v) is 3.37. The molecule has 2 rings (SSSR count). The molecule has 0 aliphatic heterocycles. The van der Waals surface area contributed by atoms with E-state index in [1.807, 2.05) is 0 Å².